The number of likely N-dealkylation sites (N-methyl/N-ethyl adjacent to an activating group) is 1. The molecule has 0 aromatic carbocycles. The molecule has 0 aromatic heterocycles. The summed E-state index contributed by atoms with van der Waals surface area (Å²) >= 11 is 0. The molecular formula is C61H102FN3O16. The number of ketones is 1. The molecule has 464 valence electrons. The number of rotatable bonds is 12. The van der Waals surface area contributed by atoms with Crippen molar-refractivity contribution in [2.75, 3.05) is 40.8 Å². The van der Waals surface area contributed by atoms with Crippen molar-refractivity contribution >= 4 is 17.7 Å². The number of aliphatic hydroxyl groups is 7. The summed E-state index contributed by atoms with van der Waals surface area (Å²) in [4.78, 5) is 45.6. The molecule has 27 atom stereocenters. The molecule has 0 aromatic rings. The van der Waals surface area contributed by atoms with E-state index in [4.69, 9.17) is 28.4 Å². The number of ether oxygens (including phenoxy) is 6. The predicted molar refractivity (Wildman–Crippen MR) is 299 cm³/mol. The van der Waals surface area contributed by atoms with Crippen molar-refractivity contribution in [1.82, 2.24) is 15.1 Å². The molecule has 3 aliphatic heterocycles. The van der Waals surface area contributed by atoms with Crippen molar-refractivity contribution in [2.24, 2.45) is 52.3 Å². The highest BCUT2D eigenvalue weighted by atomic mass is 19.1. The maximum absolute atomic E-state index is 16.2. The smallest absolute Gasteiger partial charge is 0.311 e. The molecule has 0 radical (unpaired) electrons. The van der Waals surface area contributed by atoms with Crippen LogP contribution in [0.5, 0.6) is 0 Å². The Morgan fingerprint density at radius 3 is 2.20 bits per heavy atom. The minimum absolute atomic E-state index is 0.0656. The van der Waals surface area contributed by atoms with Crippen LogP contribution in [0, 0.1) is 52.3 Å². The standard InChI is InChI=1S/C61H102FN3O16/c1-17-45-60(13,74)50(69)36(7)65(22-18-21-63-55(72)61(75)32(3)23-40-39-26-42(62)41-25-38(66)19-20-56(41,9)47(39)44(67)28-57(40,61)10)30-31(2)27-58(11,73)52(81-54-48(68)43(64(14)15)24-33(4)77-54)34(5)49(35(6)53(71)79-45)80-46-29-59(12,76-16)51(70)37(8)78-46/h19-20,25,31-37,39-40,42-52,54,67-70,73-75H,17-18,21-24,26-30H2,1-16H3,(H,63,72)/t31-,32-,33?,34+,35-,36-,37?,39?,40?,42+,43-,44+,45-,46?,47?,48-,49+,50-,51-,52-,54?,56+,57+,58-,59+,60-,61+/m1/s1. The van der Waals surface area contributed by atoms with Crippen molar-refractivity contribution in [3.63, 3.8) is 0 Å². The number of amides is 1. The Labute approximate surface area is 480 Å². The Bertz CT molecular complexity index is 2290. The topological polar surface area (TPSA) is 267 Å². The second-order valence-electron chi connectivity index (χ2n) is 27.5. The summed E-state index contributed by atoms with van der Waals surface area (Å²) in [6.45, 7) is 23.3. The Morgan fingerprint density at radius 1 is 0.901 bits per heavy atom. The van der Waals surface area contributed by atoms with Crippen molar-refractivity contribution < 1.29 is 82.9 Å². The first-order valence-electron chi connectivity index (χ1n) is 30.1. The molecule has 20 heteroatoms. The summed E-state index contributed by atoms with van der Waals surface area (Å²) in [5.74, 6) is -5.64. The second-order valence-corrected chi connectivity index (χ2v) is 27.5. The summed E-state index contributed by atoms with van der Waals surface area (Å²) in [7, 11) is 5.21. The number of carbonyl (C=O) groups excluding carboxylic acids is 3. The van der Waals surface area contributed by atoms with Crippen LogP contribution in [-0.4, -0.2) is 212 Å². The van der Waals surface area contributed by atoms with Gasteiger partial charge in [0.25, 0.3) is 5.91 Å². The van der Waals surface area contributed by atoms with Gasteiger partial charge in [-0.2, -0.15) is 0 Å². The van der Waals surface area contributed by atoms with Gasteiger partial charge in [-0.25, -0.2) is 4.39 Å². The molecule has 3 saturated carbocycles. The molecular weight excluding hydrogens is 1050 g/mol. The summed E-state index contributed by atoms with van der Waals surface area (Å²) in [5.41, 5.74) is -8.40. The fourth-order valence-electron chi connectivity index (χ4n) is 16.7. The number of allylic oxidation sites excluding steroid dienone is 4. The molecule has 0 bridgehead atoms. The van der Waals surface area contributed by atoms with Crippen LogP contribution in [0.2, 0.25) is 0 Å². The number of carbonyl (C=O) groups is 3. The van der Waals surface area contributed by atoms with Gasteiger partial charge in [0.2, 0.25) is 0 Å². The molecule has 8 N–H and O–H groups in total. The molecule has 81 heavy (non-hydrogen) atoms. The number of esters is 1. The average Bonchev–Trinajstić information content (AvgIpc) is 3.69. The predicted octanol–water partition coefficient (Wildman–Crippen LogP) is 3.98. The van der Waals surface area contributed by atoms with Gasteiger partial charge in [0.15, 0.2) is 24.0 Å². The first kappa shape index (κ1) is 66.0. The van der Waals surface area contributed by atoms with E-state index in [1.807, 2.05) is 58.5 Å². The lowest BCUT2D eigenvalue weighted by atomic mass is 9.46. The van der Waals surface area contributed by atoms with Crippen molar-refractivity contribution in [3.05, 3.63) is 23.8 Å². The van der Waals surface area contributed by atoms with Crippen LogP contribution in [0.15, 0.2) is 23.8 Å². The molecule has 3 heterocycles. The van der Waals surface area contributed by atoms with Gasteiger partial charge < -0.3 is 74.4 Å². The number of nitrogens with zero attached hydrogens (tertiary/aromatic N) is 2. The number of aliphatic hydroxyl groups excluding tert-OH is 4. The maximum atomic E-state index is 16.2. The zero-order valence-corrected chi connectivity index (χ0v) is 51.2. The van der Waals surface area contributed by atoms with E-state index in [9.17, 15) is 50.1 Å². The highest BCUT2D eigenvalue weighted by molar-refractivity contribution is 6.01. The lowest BCUT2D eigenvalue weighted by Crippen LogP contribution is -2.65. The van der Waals surface area contributed by atoms with Gasteiger partial charge in [0.1, 0.15) is 36.2 Å². The number of fused-ring (bicyclic) bond motifs is 5. The van der Waals surface area contributed by atoms with Crippen LogP contribution in [-0.2, 0) is 42.8 Å². The highest BCUT2D eigenvalue weighted by Crippen LogP contribution is 2.68. The molecule has 7 aliphatic rings. The average molecular weight is 1150 g/mol. The molecule has 19 nitrogen and oxygen atoms in total. The second kappa shape index (κ2) is 24.7. The van der Waals surface area contributed by atoms with Gasteiger partial charge >= 0.3 is 5.97 Å². The van der Waals surface area contributed by atoms with Crippen molar-refractivity contribution in [2.45, 2.75) is 250 Å². The van der Waals surface area contributed by atoms with Crippen molar-refractivity contribution in [3.8, 4) is 0 Å². The first-order chi connectivity index (χ1) is 37.5. The Balaban J connectivity index is 1.16. The van der Waals surface area contributed by atoms with Gasteiger partial charge in [-0.15, -0.1) is 0 Å². The van der Waals surface area contributed by atoms with Crippen LogP contribution in [0.25, 0.3) is 0 Å². The molecule has 7 unspecified atom stereocenters. The number of methoxy groups -OCH3 is 1. The third-order valence-corrected chi connectivity index (χ3v) is 21.3. The van der Waals surface area contributed by atoms with E-state index < -0.39 is 142 Å². The van der Waals surface area contributed by atoms with Crippen LogP contribution in [0.3, 0.4) is 0 Å². The SMILES string of the molecule is CC[C@H]1OC(=O)[C@H](C)[C@@H](OC2C[C@](C)(OC)[C@H](O)C(C)O2)[C@H](C)[C@@H](OC2OC(C)C[C@@H](N(C)C)[C@H]2O)[C@](C)(O)C[C@@H](C)CN(CCCNC(=O)[C@@]2(O)[C@H](C)CC3C4C[C@H](F)C5=CC(=O)C=C[C@]5(C)C4[C@@H](O)C[C@@]32C)[C@H](C)[C@@H](O)[C@]1(C)O. The number of hydrogen-bond donors (Lipinski definition) is 8. The largest absolute Gasteiger partial charge is 0.459 e. The third-order valence-electron chi connectivity index (χ3n) is 21.3. The van der Waals surface area contributed by atoms with Crippen LogP contribution >= 0.6 is 0 Å². The van der Waals surface area contributed by atoms with E-state index >= 15 is 4.39 Å². The first-order valence-corrected chi connectivity index (χ1v) is 30.1. The van der Waals surface area contributed by atoms with Gasteiger partial charge in [-0.05, 0) is 149 Å². The van der Waals surface area contributed by atoms with E-state index in [-0.39, 0.29) is 87.4 Å². The fraction of sp³-hybridized carbons (Fsp3) is 0.885. The number of nitrogens with one attached hydrogen (secondary N) is 1. The molecule has 6 fully saturated rings. The van der Waals surface area contributed by atoms with E-state index in [2.05, 4.69) is 5.32 Å². The molecule has 3 saturated heterocycles. The van der Waals surface area contributed by atoms with Gasteiger partial charge in [0, 0.05) is 67.9 Å². The van der Waals surface area contributed by atoms with Crippen LogP contribution in [0.4, 0.5) is 4.39 Å². The quantitative estimate of drug-likeness (QED) is 0.101. The summed E-state index contributed by atoms with van der Waals surface area (Å²) in [6.07, 6.45) is -6.76. The van der Waals surface area contributed by atoms with E-state index in [0.717, 1.165) is 0 Å². The highest BCUT2D eigenvalue weighted by Gasteiger charge is 2.71. The van der Waals surface area contributed by atoms with Gasteiger partial charge in [-0.1, -0.05) is 47.6 Å². The number of halogens is 1. The minimum Gasteiger partial charge on any atom is -0.459 e. The van der Waals surface area contributed by atoms with Crippen LogP contribution in [0.1, 0.15) is 141 Å². The Morgan fingerprint density at radius 2 is 1.57 bits per heavy atom. The number of alkyl halides is 1. The summed E-state index contributed by atoms with van der Waals surface area (Å²) in [6, 6.07) is -1.16. The van der Waals surface area contributed by atoms with Gasteiger partial charge in [-0.3, -0.25) is 19.3 Å². The number of hydrogen-bond acceptors (Lipinski definition) is 18. The van der Waals surface area contributed by atoms with Crippen LogP contribution < -0.4 is 5.32 Å². The zero-order valence-electron chi connectivity index (χ0n) is 51.2. The van der Waals surface area contributed by atoms with E-state index in [1.165, 1.54) is 26.2 Å². The van der Waals surface area contributed by atoms with Gasteiger partial charge in [0.05, 0.1) is 47.6 Å². The lowest BCUT2D eigenvalue weighted by molar-refractivity contribution is -0.318. The fourth-order valence-corrected chi connectivity index (χ4v) is 16.7. The number of cyclic esters (lactones) is 1. The van der Waals surface area contributed by atoms with E-state index in [0.29, 0.717) is 24.8 Å². The van der Waals surface area contributed by atoms with Crippen molar-refractivity contribution in [1.29, 1.82) is 0 Å². The monoisotopic (exact) mass is 1150 g/mol. The summed E-state index contributed by atoms with van der Waals surface area (Å²) < 4.78 is 54.4. The minimum atomic E-state index is -2.01. The molecule has 7 rings (SSSR count). The Kier molecular flexibility index (Phi) is 20.1. The zero-order chi connectivity index (χ0) is 60.4. The third kappa shape index (κ3) is 12.3. The molecule has 4 aliphatic carbocycles. The summed E-state index contributed by atoms with van der Waals surface area (Å²) in [5, 5.41) is 88.5. The molecule has 1 amide bonds. The molecule has 0 spiro atoms. The lowest BCUT2D eigenvalue weighted by Gasteiger charge is -2.60. The Hall–Kier alpha value is -2.54. The normalized spacial score (nSPS) is 50.3. The van der Waals surface area contributed by atoms with E-state index in [1.54, 1.807) is 54.5 Å². The maximum Gasteiger partial charge on any atom is 0.311 e.